The van der Waals surface area contributed by atoms with Crippen LogP contribution in [0.4, 0.5) is 0 Å². The van der Waals surface area contributed by atoms with Gasteiger partial charge in [0.15, 0.2) is 11.5 Å². The van der Waals surface area contributed by atoms with Gasteiger partial charge in [0, 0.05) is 28.6 Å². The topological polar surface area (TPSA) is 23.4 Å². The Bertz CT molecular complexity index is 493. The molecule has 0 aliphatic carbocycles. The minimum Gasteiger partial charge on any atom is -0.493 e. The summed E-state index contributed by atoms with van der Waals surface area (Å²) in [5.41, 5.74) is 1.19. The number of hydrogen-bond acceptors (Lipinski definition) is 2. The molecule has 0 fully saturated rings. The van der Waals surface area contributed by atoms with E-state index in [2.05, 4.69) is 39.4 Å². The maximum Gasteiger partial charge on any atom is 0.162 e. The van der Waals surface area contributed by atoms with Crippen LogP contribution < -0.4 is 9.47 Å². The number of ether oxygens (including phenoxy) is 2. The van der Waals surface area contributed by atoms with Crippen LogP contribution in [0.5, 0.6) is 11.5 Å². The summed E-state index contributed by atoms with van der Waals surface area (Å²) < 4.78 is 13.9. The van der Waals surface area contributed by atoms with Gasteiger partial charge in [-0.1, -0.05) is 22.6 Å². The normalized spacial score (nSPS) is 10.7. The van der Waals surface area contributed by atoms with E-state index in [-0.39, 0.29) is 0 Å². The second-order valence-electron chi connectivity index (χ2n) is 3.46. The maximum atomic E-state index is 5.31. The monoisotopic (exact) mass is 331 g/mol. The van der Waals surface area contributed by atoms with Gasteiger partial charge in [0.05, 0.1) is 19.7 Å². The van der Waals surface area contributed by atoms with Gasteiger partial charge >= 0.3 is 0 Å². The lowest BCUT2D eigenvalue weighted by atomic mass is 10.2. The predicted molar refractivity (Wildman–Crippen MR) is 73.9 cm³/mol. The van der Waals surface area contributed by atoms with Gasteiger partial charge < -0.3 is 14.0 Å². The van der Waals surface area contributed by atoms with Gasteiger partial charge in [0.1, 0.15) is 0 Å². The molecule has 0 saturated carbocycles. The van der Waals surface area contributed by atoms with Gasteiger partial charge in [0.2, 0.25) is 0 Å². The molecule has 0 spiro atoms. The van der Waals surface area contributed by atoms with Gasteiger partial charge in [-0.25, -0.2) is 0 Å². The van der Waals surface area contributed by atoms with Crippen molar-refractivity contribution >= 4 is 33.5 Å². The van der Waals surface area contributed by atoms with E-state index in [1.807, 2.05) is 12.1 Å². The highest BCUT2D eigenvalue weighted by molar-refractivity contribution is 14.1. The first-order valence-corrected chi connectivity index (χ1v) is 6.59. The van der Waals surface area contributed by atoms with E-state index in [1.54, 1.807) is 14.2 Å². The van der Waals surface area contributed by atoms with E-state index in [0.29, 0.717) is 0 Å². The molecule has 1 aromatic carbocycles. The zero-order chi connectivity index (χ0) is 11.5. The van der Waals surface area contributed by atoms with Crippen molar-refractivity contribution in [2.45, 2.75) is 6.54 Å². The van der Waals surface area contributed by atoms with E-state index < -0.39 is 0 Å². The molecule has 0 radical (unpaired) electrons. The highest BCUT2D eigenvalue weighted by Crippen LogP contribution is 2.32. The third-order valence-corrected chi connectivity index (χ3v) is 3.08. The number of aromatic nitrogens is 1. The fourth-order valence-electron chi connectivity index (χ4n) is 1.80. The van der Waals surface area contributed by atoms with Crippen molar-refractivity contribution in [1.82, 2.24) is 4.57 Å². The highest BCUT2D eigenvalue weighted by atomic mass is 127. The third kappa shape index (κ3) is 1.98. The van der Waals surface area contributed by atoms with Crippen molar-refractivity contribution in [3.05, 3.63) is 24.4 Å². The molecule has 0 bridgehead atoms. The first-order valence-electron chi connectivity index (χ1n) is 5.07. The van der Waals surface area contributed by atoms with Crippen molar-refractivity contribution in [1.29, 1.82) is 0 Å². The maximum absolute atomic E-state index is 5.31. The predicted octanol–water partition coefficient (Wildman–Crippen LogP) is 3.09. The Hall–Kier alpha value is -0.910. The van der Waals surface area contributed by atoms with Crippen molar-refractivity contribution in [2.24, 2.45) is 0 Å². The van der Waals surface area contributed by atoms with Crippen LogP contribution in [-0.2, 0) is 6.54 Å². The number of fused-ring (bicyclic) bond motifs is 1. The smallest absolute Gasteiger partial charge is 0.162 e. The second kappa shape index (κ2) is 4.95. The van der Waals surface area contributed by atoms with Crippen LogP contribution in [0.3, 0.4) is 0 Å². The van der Waals surface area contributed by atoms with Crippen LogP contribution in [0.25, 0.3) is 10.9 Å². The molecule has 0 atom stereocenters. The number of benzene rings is 1. The Kier molecular flexibility index (Phi) is 3.58. The van der Waals surface area contributed by atoms with E-state index >= 15 is 0 Å². The minimum atomic E-state index is 0.780. The third-order valence-electron chi connectivity index (χ3n) is 2.60. The van der Waals surface area contributed by atoms with E-state index in [1.165, 1.54) is 10.9 Å². The molecule has 2 aromatic rings. The fourth-order valence-corrected chi connectivity index (χ4v) is 2.32. The van der Waals surface area contributed by atoms with Crippen LogP contribution in [0.2, 0.25) is 0 Å². The summed E-state index contributed by atoms with van der Waals surface area (Å²) in [4.78, 5) is 0. The largest absolute Gasteiger partial charge is 0.493 e. The van der Waals surface area contributed by atoms with Gasteiger partial charge in [-0.05, 0) is 12.1 Å². The summed E-state index contributed by atoms with van der Waals surface area (Å²) >= 11 is 2.38. The summed E-state index contributed by atoms with van der Waals surface area (Å²) in [6.07, 6.45) is 2.10. The number of nitrogens with zero attached hydrogens (tertiary/aromatic N) is 1. The molecule has 16 heavy (non-hydrogen) atoms. The molecular weight excluding hydrogens is 317 g/mol. The molecule has 0 aliphatic heterocycles. The van der Waals surface area contributed by atoms with Crippen molar-refractivity contribution < 1.29 is 9.47 Å². The average Bonchev–Trinajstić information content (AvgIpc) is 2.70. The average molecular weight is 331 g/mol. The SMILES string of the molecule is COc1cc2ccn(CCI)c2cc1OC. The summed E-state index contributed by atoms with van der Waals surface area (Å²) in [5, 5.41) is 1.18. The molecule has 86 valence electrons. The number of alkyl halides is 1. The highest BCUT2D eigenvalue weighted by Gasteiger charge is 2.08. The fraction of sp³-hybridized carbons (Fsp3) is 0.333. The Balaban J connectivity index is 2.57. The van der Waals surface area contributed by atoms with Crippen LogP contribution in [0.1, 0.15) is 0 Å². The number of methoxy groups -OCH3 is 2. The van der Waals surface area contributed by atoms with Gasteiger partial charge in [-0.2, -0.15) is 0 Å². The number of hydrogen-bond donors (Lipinski definition) is 0. The second-order valence-corrected chi connectivity index (χ2v) is 4.54. The zero-order valence-corrected chi connectivity index (χ0v) is 11.5. The molecule has 0 aliphatic rings. The lowest BCUT2D eigenvalue weighted by Crippen LogP contribution is -1.97. The lowest BCUT2D eigenvalue weighted by Gasteiger charge is -2.09. The molecule has 0 N–H and O–H groups in total. The van der Waals surface area contributed by atoms with E-state index in [4.69, 9.17) is 9.47 Å². The summed E-state index contributed by atoms with van der Waals surface area (Å²) in [5.74, 6) is 1.56. The number of halogens is 1. The number of rotatable bonds is 4. The summed E-state index contributed by atoms with van der Waals surface area (Å²) in [7, 11) is 3.32. The van der Waals surface area contributed by atoms with E-state index in [0.717, 1.165) is 22.5 Å². The molecule has 2 rings (SSSR count). The van der Waals surface area contributed by atoms with Crippen molar-refractivity contribution in [3.63, 3.8) is 0 Å². The van der Waals surface area contributed by atoms with Gasteiger partial charge in [-0.15, -0.1) is 0 Å². The zero-order valence-electron chi connectivity index (χ0n) is 9.37. The Morgan fingerprint density at radius 2 is 1.88 bits per heavy atom. The lowest BCUT2D eigenvalue weighted by molar-refractivity contribution is 0.355. The van der Waals surface area contributed by atoms with Crippen molar-refractivity contribution in [2.75, 3.05) is 18.6 Å². The quantitative estimate of drug-likeness (QED) is 0.635. The molecule has 0 unspecified atom stereocenters. The van der Waals surface area contributed by atoms with Crippen LogP contribution >= 0.6 is 22.6 Å². The Labute approximate surface area is 108 Å². The van der Waals surface area contributed by atoms with Gasteiger partial charge in [0.25, 0.3) is 0 Å². The Morgan fingerprint density at radius 1 is 1.19 bits per heavy atom. The molecule has 0 amide bonds. The van der Waals surface area contributed by atoms with Crippen LogP contribution in [0.15, 0.2) is 24.4 Å². The molecular formula is C12H14INO2. The molecule has 1 aromatic heterocycles. The van der Waals surface area contributed by atoms with E-state index in [9.17, 15) is 0 Å². The van der Waals surface area contributed by atoms with Gasteiger partial charge in [-0.3, -0.25) is 0 Å². The minimum absolute atomic E-state index is 0.780. The Morgan fingerprint density at radius 3 is 2.50 bits per heavy atom. The molecule has 3 nitrogen and oxygen atoms in total. The first-order chi connectivity index (χ1) is 7.80. The van der Waals surface area contributed by atoms with Crippen LogP contribution in [-0.4, -0.2) is 23.2 Å². The molecule has 0 saturated heterocycles. The molecule has 1 heterocycles. The van der Waals surface area contributed by atoms with Crippen molar-refractivity contribution in [3.8, 4) is 11.5 Å². The number of aryl methyl sites for hydroxylation is 1. The van der Waals surface area contributed by atoms with Crippen LogP contribution in [0, 0.1) is 0 Å². The summed E-state index contributed by atoms with van der Waals surface area (Å²) in [6.45, 7) is 1.01. The summed E-state index contributed by atoms with van der Waals surface area (Å²) in [6, 6.07) is 6.14. The first kappa shape index (κ1) is 11.6. The standard InChI is InChI=1S/C12H14INO2/c1-15-11-7-9-3-5-14(6-4-13)10(9)8-12(11)16-2/h3,5,7-8H,4,6H2,1-2H3. The molecule has 4 heteroatoms.